The van der Waals surface area contributed by atoms with Crippen LogP contribution in [0.25, 0.3) is 11.0 Å². The number of ether oxygens (including phenoxy) is 1. The fourth-order valence-corrected chi connectivity index (χ4v) is 5.84. The number of halogens is 1. The fourth-order valence-electron chi connectivity index (χ4n) is 5.63. The van der Waals surface area contributed by atoms with Gasteiger partial charge in [0.15, 0.2) is 5.69 Å². The highest BCUT2D eigenvalue weighted by Gasteiger charge is 2.38. The molecular formula is C28H32ClN7O3. The largest absolute Gasteiger partial charge is 0.383 e. The molecule has 2 fully saturated rings. The van der Waals surface area contributed by atoms with Gasteiger partial charge in [-0.15, -0.1) is 0 Å². The monoisotopic (exact) mass is 549 g/mol. The van der Waals surface area contributed by atoms with Gasteiger partial charge in [0.1, 0.15) is 17.2 Å². The molecule has 39 heavy (non-hydrogen) atoms. The minimum Gasteiger partial charge on any atom is -0.383 e. The van der Waals surface area contributed by atoms with Crippen molar-refractivity contribution in [3.63, 3.8) is 0 Å². The number of carbonyl (C=O) groups excluding carboxylic acids is 2. The van der Waals surface area contributed by atoms with E-state index in [-0.39, 0.29) is 29.2 Å². The van der Waals surface area contributed by atoms with Gasteiger partial charge in [-0.05, 0) is 56.7 Å². The number of hydrogen-bond acceptors (Lipinski definition) is 6. The van der Waals surface area contributed by atoms with Gasteiger partial charge < -0.3 is 25.3 Å². The van der Waals surface area contributed by atoms with Gasteiger partial charge in [-0.1, -0.05) is 24.1 Å². The highest BCUT2D eigenvalue weighted by Crippen LogP contribution is 2.37. The highest BCUT2D eigenvalue weighted by atomic mass is 35.5. The molecule has 1 aliphatic heterocycles. The molecule has 3 N–H and O–H groups in total. The Balaban J connectivity index is 1.52. The lowest BCUT2D eigenvalue weighted by Crippen LogP contribution is -2.37. The minimum atomic E-state index is -0.656. The molecule has 0 bridgehead atoms. The number of rotatable bonds is 7. The summed E-state index contributed by atoms with van der Waals surface area (Å²) in [7, 11) is 3.29. The molecule has 11 heteroatoms. The van der Waals surface area contributed by atoms with Crippen LogP contribution in [0.4, 0.5) is 5.82 Å². The van der Waals surface area contributed by atoms with Crippen molar-refractivity contribution in [2.45, 2.75) is 50.7 Å². The average Bonchev–Trinajstić information content (AvgIpc) is 3.55. The first kappa shape index (κ1) is 26.8. The van der Waals surface area contributed by atoms with Crippen LogP contribution >= 0.6 is 11.6 Å². The predicted molar refractivity (Wildman–Crippen MR) is 150 cm³/mol. The van der Waals surface area contributed by atoms with E-state index < -0.39 is 5.91 Å². The number of nitrogens with two attached hydrogens (primary N) is 1. The van der Waals surface area contributed by atoms with Gasteiger partial charge in [-0.25, -0.2) is 9.67 Å². The lowest BCUT2D eigenvalue weighted by molar-refractivity contribution is -0.127. The second-order valence-corrected chi connectivity index (χ2v) is 10.4. The second kappa shape index (κ2) is 10.8. The Bertz CT molecular complexity index is 1530. The maximum Gasteiger partial charge on any atom is 0.255 e. The van der Waals surface area contributed by atoms with Gasteiger partial charge in [0.25, 0.3) is 5.91 Å². The third-order valence-electron chi connectivity index (χ3n) is 7.66. The van der Waals surface area contributed by atoms with E-state index >= 15 is 0 Å². The quantitative estimate of drug-likeness (QED) is 0.344. The maximum absolute atomic E-state index is 12.5. The summed E-state index contributed by atoms with van der Waals surface area (Å²) >= 11 is 6.66. The van der Waals surface area contributed by atoms with Crippen LogP contribution in [0.3, 0.4) is 0 Å². The summed E-state index contributed by atoms with van der Waals surface area (Å²) in [5.74, 6) is 6.66. The first-order valence-electron chi connectivity index (χ1n) is 13.0. The van der Waals surface area contributed by atoms with Crippen LogP contribution in [0.1, 0.15) is 65.2 Å². The number of hydrogen-bond donors (Lipinski definition) is 2. The van der Waals surface area contributed by atoms with Crippen molar-refractivity contribution in [3.8, 4) is 11.8 Å². The summed E-state index contributed by atoms with van der Waals surface area (Å²) < 4.78 is 9.28. The van der Waals surface area contributed by atoms with E-state index in [0.29, 0.717) is 42.0 Å². The first-order valence-corrected chi connectivity index (χ1v) is 13.4. The van der Waals surface area contributed by atoms with Crippen molar-refractivity contribution in [1.29, 1.82) is 0 Å². The number of anilines is 1. The van der Waals surface area contributed by atoms with E-state index in [1.807, 2.05) is 19.1 Å². The number of carbonyl (C=O) groups is 2. The number of amides is 2. The summed E-state index contributed by atoms with van der Waals surface area (Å²) in [6, 6.07) is 3.87. The number of methoxy groups -OCH3 is 1. The summed E-state index contributed by atoms with van der Waals surface area (Å²) in [5.41, 5.74) is 8.60. The van der Waals surface area contributed by atoms with Crippen molar-refractivity contribution in [2.24, 2.45) is 5.73 Å². The summed E-state index contributed by atoms with van der Waals surface area (Å²) in [5, 5.41) is 8.23. The zero-order valence-electron chi connectivity index (χ0n) is 22.3. The minimum absolute atomic E-state index is 0.153. The van der Waals surface area contributed by atoms with Crippen LogP contribution in [0, 0.1) is 18.8 Å². The van der Waals surface area contributed by atoms with Gasteiger partial charge in [-0.2, -0.15) is 5.10 Å². The van der Waals surface area contributed by atoms with Crippen LogP contribution in [0.15, 0.2) is 24.8 Å². The number of benzene rings is 1. The van der Waals surface area contributed by atoms with Crippen LogP contribution < -0.4 is 11.1 Å². The summed E-state index contributed by atoms with van der Waals surface area (Å²) in [6.45, 7) is 6.37. The van der Waals surface area contributed by atoms with Crippen LogP contribution in [-0.4, -0.2) is 69.4 Å². The van der Waals surface area contributed by atoms with Crippen LogP contribution in [0.5, 0.6) is 0 Å². The summed E-state index contributed by atoms with van der Waals surface area (Å²) in [4.78, 5) is 31.4. The molecule has 10 nitrogen and oxygen atoms in total. The number of fused-ring (bicyclic) bond motifs is 1. The van der Waals surface area contributed by atoms with E-state index in [1.165, 1.54) is 12.5 Å². The third-order valence-corrected chi connectivity index (χ3v) is 7.97. The zero-order valence-corrected chi connectivity index (χ0v) is 23.1. The molecule has 1 saturated heterocycles. The fraction of sp³-hybridized carbons (Fsp3) is 0.429. The Morgan fingerprint density at radius 2 is 2.08 bits per heavy atom. The topological polar surface area (TPSA) is 120 Å². The normalized spacial score (nSPS) is 19.0. The highest BCUT2D eigenvalue weighted by molar-refractivity contribution is 6.32. The molecule has 3 aromatic rings. The smallest absolute Gasteiger partial charge is 0.255 e. The number of imidazole rings is 1. The molecule has 1 aromatic carbocycles. The van der Waals surface area contributed by atoms with E-state index in [9.17, 15) is 9.59 Å². The number of aryl methyl sites for hydroxylation is 1. The number of aromatic nitrogens is 4. The second-order valence-electron chi connectivity index (χ2n) is 10.0. The standard InChI is InChI=1S/C28H32ClN7O3/c1-5-25(37)34-14-19(12-20(34)15-39-4)36-28(31-3)26(27(30)38)22(33-36)10-9-17-11-23-24(13-21(17)29)35(16(2)32-23)18-7-6-8-18/h5,11,13,18-20,31H,1,6-8,12,14-15H2,2-4H3,(H2,30,38)/t19-,20+/m0/s1. The van der Waals surface area contributed by atoms with Gasteiger partial charge in [0.05, 0.1) is 34.7 Å². The Kier molecular flexibility index (Phi) is 7.38. The van der Waals surface area contributed by atoms with Crippen molar-refractivity contribution in [3.05, 3.63) is 52.5 Å². The SMILES string of the molecule is C=CC(=O)N1C[C@@H](n2nc(C#Cc3cc4nc(C)n(C5CCC5)c4cc3Cl)c(C(N)=O)c2NC)C[C@@H]1COC. The van der Waals surface area contributed by atoms with Gasteiger partial charge in [0, 0.05) is 32.3 Å². The number of likely N-dealkylation sites (tertiary alicyclic amines) is 1. The molecule has 0 unspecified atom stereocenters. The number of nitrogens with one attached hydrogen (secondary N) is 1. The Hall–Kier alpha value is -3.81. The van der Waals surface area contributed by atoms with Crippen molar-refractivity contribution in [2.75, 3.05) is 32.6 Å². The Morgan fingerprint density at radius 3 is 2.69 bits per heavy atom. The van der Waals surface area contributed by atoms with E-state index in [1.54, 1.807) is 23.7 Å². The van der Waals surface area contributed by atoms with Gasteiger partial charge >= 0.3 is 0 Å². The molecule has 2 amide bonds. The van der Waals surface area contributed by atoms with Crippen molar-refractivity contribution in [1.82, 2.24) is 24.2 Å². The maximum atomic E-state index is 12.5. The molecule has 2 atom stereocenters. The molecule has 1 saturated carbocycles. The van der Waals surface area contributed by atoms with E-state index in [2.05, 4.69) is 33.4 Å². The van der Waals surface area contributed by atoms with Crippen LogP contribution in [0.2, 0.25) is 5.02 Å². The third kappa shape index (κ3) is 4.77. The van der Waals surface area contributed by atoms with Gasteiger partial charge in [-0.3, -0.25) is 9.59 Å². The van der Waals surface area contributed by atoms with Gasteiger partial charge in [0.2, 0.25) is 5.91 Å². The molecule has 2 aliphatic rings. The molecule has 3 heterocycles. The lowest BCUT2D eigenvalue weighted by Gasteiger charge is -2.28. The molecule has 2 aromatic heterocycles. The molecule has 0 spiro atoms. The van der Waals surface area contributed by atoms with Crippen LogP contribution in [-0.2, 0) is 9.53 Å². The molecule has 1 aliphatic carbocycles. The summed E-state index contributed by atoms with van der Waals surface area (Å²) in [6.07, 6.45) is 5.38. The molecule has 5 rings (SSSR count). The lowest BCUT2D eigenvalue weighted by atomic mass is 9.92. The zero-order chi connectivity index (χ0) is 27.8. The Labute approximate surface area is 232 Å². The average molecular weight is 550 g/mol. The van der Waals surface area contributed by atoms with E-state index in [4.69, 9.17) is 27.1 Å². The first-order chi connectivity index (χ1) is 18.8. The van der Waals surface area contributed by atoms with Crippen molar-refractivity contribution < 1.29 is 14.3 Å². The molecular weight excluding hydrogens is 518 g/mol. The molecule has 204 valence electrons. The predicted octanol–water partition coefficient (Wildman–Crippen LogP) is 3.43. The number of primary amides is 1. The van der Waals surface area contributed by atoms with Crippen molar-refractivity contribution >= 4 is 40.3 Å². The molecule has 0 radical (unpaired) electrons. The Morgan fingerprint density at radius 1 is 1.31 bits per heavy atom. The number of nitrogens with zero attached hydrogens (tertiary/aromatic N) is 5. The van der Waals surface area contributed by atoms with E-state index in [0.717, 1.165) is 29.7 Å².